The quantitative estimate of drug-likeness (QED) is 0.360. The molecule has 1 fully saturated rings. The molecule has 216 valence electrons. The summed E-state index contributed by atoms with van der Waals surface area (Å²) in [7, 11) is 0. The van der Waals surface area contributed by atoms with Crippen molar-refractivity contribution in [1.82, 2.24) is 14.5 Å². The lowest BCUT2D eigenvalue weighted by Gasteiger charge is -2.31. The van der Waals surface area contributed by atoms with Crippen molar-refractivity contribution >= 4 is 28.7 Å². The predicted molar refractivity (Wildman–Crippen MR) is 150 cm³/mol. The molecule has 0 aliphatic carbocycles. The van der Waals surface area contributed by atoms with Crippen molar-refractivity contribution in [1.29, 1.82) is 0 Å². The fraction of sp³-hybridized carbons (Fsp3) is 0.467. The van der Waals surface area contributed by atoms with Crippen molar-refractivity contribution < 1.29 is 28.9 Å². The van der Waals surface area contributed by atoms with E-state index in [0.29, 0.717) is 48.9 Å². The summed E-state index contributed by atoms with van der Waals surface area (Å²) in [5.74, 6) is -0.750. The summed E-state index contributed by atoms with van der Waals surface area (Å²) >= 11 is 0. The van der Waals surface area contributed by atoms with Crippen molar-refractivity contribution in [3.63, 3.8) is 0 Å². The molecule has 0 unspecified atom stereocenters. The first-order valence-corrected chi connectivity index (χ1v) is 13.9. The van der Waals surface area contributed by atoms with Crippen molar-refractivity contribution in [2.24, 2.45) is 0 Å². The van der Waals surface area contributed by atoms with Crippen LogP contribution in [0, 0.1) is 0 Å². The Morgan fingerprint density at radius 3 is 2.63 bits per heavy atom. The fourth-order valence-corrected chi connectivity index (χ4v) is 5.82. The first kappa shape index (κ1) is 27.4. The third-order valence-corrected chi connectivity index (χ3v) is 7.94. The molecule has 1 aromatic carbocycles. The van der Waals surface area contributed by atoms with E-state index >= 15 is 0 Å². The molecule has 5 heterocycles. The minimum absolute atomic E-state index is 0.0788. The van der Waals surface area contributed by atoms with Crippen LogP contribution in [0.5, 0.6) is 0 Å². The lowest BCUT2D eigenvalue weighted by atomic mass is 9.86. The van der Waals surface area contributed by atoms with E-state index in [-0.39, 0.29) is 29.7 Å². The number of carbonyl (C=O) groups excluding carboxylic acids is 2. The van der Waals surface area contributed by atoms with Gasteiger partial charge in [-0.05, 0) is 57.0 Å². The first-order chi connectivity index (χ1) is 19.5. The van der Waals surface area contributed by atoms with E-state index in [0.717, 1.165) is 29.6 Å². The number of aromatic nitrogens is 2. The number of esters is 1. The molecule has 0 spiro atoms. The number of cyclic esters (lactones) is 1. The second-order valence-electron chi connectivity index (χ2n) is 11.8. The molecule has 3 aliphatic rings. The number of ether oxygens (including phenoxy) is 3. The Balaban J connectivity index is 1.50. The molecule has 11 nitrogen and oxygen atoms in total. The highest BCUT2D eigenvalue weighted by Gasteiger charge is 2.45. The number of pyridine rings is 2. The standard InChI is InChI=1S/C30H34N4O7/c1-5-30(38)22-13-24-25-20(15-34(24)26(35)21(22)16-40-27(30)36)19(14-33-8-10-39-11-9-33)18-12-17(6-7-23(18)32-25)31-28(37)41-29(2,3)4/h6-7,12-13,38H,5,8-11,14-16H2,1-4H3,(H,31,37)/t30-/m0/s1. The Labute approximate surface area is 237 Å². The zero-order valence-corrected chi connectivity index (χ0v) is 23.7. The molecular weight excluding hydrogens is 528 g/mol. The summed E-state index contributed by atoms with van der Waals surface area (Å²) in [6.07, 6.45) is -0.472. The van der Waals surface area contributed by atoms with Gasteiger partial charge in [-0.2, -0.15) is 0 Å². The molecule has 3 aliphatic heterocycles. The van der Waals surface area contributed by atoms with Crippen LogP contribution in [0.3, 0.4) is 0 Å². The predicted octanol–water partition coefficient (Wildman–Crippen LogP) is 3.26. The molecule has 0 bridgehead atoms. The van der Waals surface area contributed by atoms with Crippen molar-refractivity contribution in [2.75, 3.05) is 31.6 Å². The van der Waals surface area contributed by atoms with Gasteiger partial charge in [-0.3, -0.25) is 15.0 Å². The highest BCUT2D eigenvalue weighted by molar-refractivity contribution is 5.94. The van der Waals surface area contributed by atoms with Gasteiger partial charge in [0, 0.05) is 41.8 Å². The zero-order valence-electron chi connectivity index (χ0n) is 23.7. The average molecular weight is 563 g/mol. The Bertz CT molecular complexity index is 1630. The maximum atomic E-state index is 13.7. The molecule has 1 amide bonds. The first-order valence-electron chi connectivity index (χ1n) is 13.9. The van der Waals surface area contributed by atoms with Gasteiger partial charge in [0.15, 0.2) is 5.60 Å². The van der Waals surface area contributed by atoms with Crippen LogP contribution in [0.15, 0.2) is 29.1 Å². The minimum Gasteiger partial charge on any atom is -0.458 e. The maximum absolute atomic E-state index is 13.7. The molecule has 2 N–H and O–H groups in total. The number of nitrogens with one attached hydrogen (secondary N) is 1. The minimum atomic E-state index is -1.89. The SMILES string of the molecule is CC[C@@]1(O)C(=O)OCc2c1cc1n(c2=O)Cc2c-1nc1ccc(NC(=O)OC(C)(C)C)cc1c2CN1CCOCC1. The summed E-state index contributed by atoms with van der Waals surface area (Å²) < 4.78 is 17.9. The van der Waals surface area contributed by atoms with Gasteiger partial charge >= 0.3 is 12.1 Å². The number of anilines is 1. The van der Waals surface area contributed by atoms with E-state index in [2.05, 4.69) is 10.2 Å². The largest absolute Gasteiger partial charge is 0.458 e. The fourth-order valence-electron chi connectivity index (χ4n) is 5.82. The van der Waals surface area contributed by atoms with Crippen molar-refractivity contribution in [3.05, 3.63) is 56.9 Å². The third kappa shape index (κ3) is 4.77. The molecule has 2 aromatic heterocycles. The Morgan fingerprint density at radius 1 is 1.17 bits per heavy atom. The van der Waals surface area contributed by atoms with E-state index < -0.39 is 23.3 Å². The van der Waals surface area contributed by atoms with Gasteiger partial charge in [0.25, 0.3) is 5.56 Å². The van der Waals surface area contributed by atoms with E-state index in [4.69, 9.17) is 19.2 Å². The Hall–Kier alpha value is -3.80. The van der Waals surface area contributed by atoms with Crippen LogP contribution in [0.1, 0.15) is 56.4 Å². The number of carbonyl (C=O) groups is 2. The van der Waals surface area contributed by atoms with Crippen molar-refractivity contribution in [2.45, 2.75) is 65.0 Å². The van der Waals surface area contributed by atoms with E-state index in [1.165, 1.54) is 0 Å². The normalized spacial score (nSPS) is 20.3. The van der Waals surface area contributed by atoms with Gasteiger partial charge in [0.05, 0.1) is 42.2 Å². The number of fused-ring (bicyclic) bond motifs is 5. The number of aliphatic hydroxyl groups is 1. The number of benzene rings is 1. The maximum Gasteiger partial charge on any atom is 0.412 e. The van der Waals surface area contributed by atoms with Gasteiger partial charge < -0.3 is 23.9 Å². The highest BCUT2D eigenvalue weighted by Crippen LogP contribution is 2.41. The number of rotatable bonds is 4. The number of hydrogen-bond acceptors (Lipinski definition) is 9. The van der Waals surface area contributed by atoms with E-state index in [1.807, 2.05) is 12.1 Å². The van der Waals surface area contributed by atoms with Crippen LogP contribution in [0.25, 0.3) is 22.3 Å². The van der Waals surface area contributed by atoms with Gasteiger partial charge in [0.2, 0.25) is 0 Å². The number of morpholine rings is 1. The summed E-state index contributed by atoms with van der Waals surface area (Å²) in [6.45, 7) is 10.6. The highest BCUT2D eigenvalue weighted by atomic mass is 16.6. The summed E-state index contributed by atoms with van der Waals surface area (Å²) in [4.78, 5) is 46.0. The molecule has 0 radical (unpaired) electrons. The van der Waals surface area contributed by atoms with Crippen LogP contribution in [-0.4, -0.2) is 63.5 Å². The van der Waals surface area contributed by atoms with Crippen LogP contribution in [0.4, 0.5) is 10.5 Å². The Kier molecular flexibility index (Phi) is 6.63. The van der Waals surface area contributed by atoms with Gasteiger partial charge in [-0.25, -0.2) is 14.6 Å². The average Bonchev–Trinajstić information content (AvgIpc) is 3.29. The molecule has 1 saturated heterocycles. The van der Waals surface area contributed by atoms with Gasteiger partial charge in [0.1, 0.15) is 12.2 Å². The molecule has 1 atom stereocenters. The smallest absolute Gasteiger partial charge is 0.412 e. The molecular formula is C30H34N4O7. The van der Waals surface area contributed by atoms with Crippen LogP contribution in [-0.2, 0) is 44.3 Å². The van der Waals surface area contributed by atoms with Crippen LogP contribution in [0.2, 0.25) is 0 Å². The lowest BCUT2D eigenvalue weighted by Crippen LogP contribution is -2.44. The molecule has 41 heavy (non-hydrogen) atoms. The number of amides is 1. The molecule has 3 aromatic rings. The lowest BCUT2D eigenvalue weighted by molar-refractivity contribution is -0.172. The second kappa shape index (κ2) is 9.93. The van der Waals surface area contributed by atoms with Gasteiger partial charge in [-0.1, -0.05) is 6.92 Å². The molecule has 11 heteroatoms. The summed E-state index contributed by atoms with van der Waals surface area (Å²) in [5, 5.41) is 14.9. The summed E-state index contributed by atoms with van der Waals surface area (Å²) in [6, 6.07) is 7.22. The van der Waals surface area contributed by atoms with E-state index in [9.17, 15) is 19.5 Å². The number of hydrogen-bond donors (Lipinski definition) is 2. The van der Waals surface area contributed by atoms with Crippen LogP contribution >= 0.6 is 0 Å². The van der Waals surface area contributed by atoms with Crippen LogP contribution < -0.4 is 10.9 Å². The topological polar surface area (TPSA) is 132 Å². The van der Waals surface area contributed by atoms with Crippen molar-refractivity contribution in [3.8, 4) is 11.4 Å². The van der Waals surface area contributed by atoms with E-state index in [1.54, 1.807) is 44.4 Å². The van der Waals surface area contributed by atoms with Gasteiger partial charge in [-0.15, -0.1) is 0 Å². The summed E-state index contributed by atoms with van der Waals surface area (Å²) in [5.41, 5.74) is 2.12. The third-order valence-electron chi connectivity index (χ3n) is 7.94. The zero-order chi connectivity index (χ0) is 29.1. The molecule has 6 rings (SSSR count). The molecule has 0 saturated carbocycles. The second-order valence-corrected chi connectivity index (χ2v) is 11.8. The Morgan fingerprint density at radius 2 is 1.93 bits per heavy atom. The monoisotopic (exact) mass is 562 g/mol. The number of nitrogens with zero attached hydrogens (tertiary/aromatic N) is 3.